The van der Waals surface area contributed by atoms with Crippen LogP contribution in [0, 0.1) is 18.3 Å². The molecule has 41 heavy (non-hydrogen) atoms. The summed E-state index contributed by atoms with van der Waals surface area (Å²) in [4.78, 5) is 19.2. The molecular weight excluding hydrogens is 514 g/mol. The van der Waals surface area contributed by atoms with E-state index in [4.69, 9.17) is 14.8 Å². The third kappa shape index (κ3) is 5.70. The van der Waals surface area contributed by atoms with Gasteiger partial charge >= 0.3 is 0 Å². The smallest absolute Gasteiger partial charge is 0.259 e. The molecule has 1 unspecified atom stereocenters. The number of aliphatic hydroxyl groups is 1. The van der Waals surface area contributed by atoms with Gasteiger partial charge in [0.15, 0.2) is 0 Å². The Balaban J connectivity index is 1.55. The number of nitriles is 1. The minimum absolute atomic E-state index is 0.000927. The van der Waals surface area contributed by atoms with E-state index in [0.29, 0.717) is 23.6 Å². The molecule has 8 nitrogen and oxygen atoms in total. The molecule has 2 heterocycles. The number of hydrogen-bond acceptors (Lipinski definition) is 6. The number of fused-ring (bicyclic) bond motifs is 1. The number of rotatable bonds is 9. The lowest BCUT2D eigenvalue weighted by Crippen LogP contribution is -2.45. The first-order chi connectivity index (χ1) is 19.8. The van der Waals surface area contributed by atoms with E-state index in [1.165, 1.54) is 0 Å². The number of aryl methyl sites for hydroxylation is 2. The summed E-state index contributed by atoms with van der Waals surface area (Å²) in [6, 6.07) is 18.0. The van der Waals surface area contributed by atoms with Crippen molar-refractivity contribution >= 4 is 5.78 Å². The lowest BCUT2D eigenvalue weighted by molar-refractivity contribution is -0.0569. The lowest BCUT2D eigenvalue weighted by atomic mass is 9.81. The van der Waals surface area contributed by atoms with Gasteiger partial charge < -0.3 is 9.84 Å². The van der Waals surface area contributed by atoms with E-state index >= 15 is 0 Å². The van der Waals surface area contributed by atoms with Crippen molar-refractivity contribution in [3.8, 4) is 17.2 Å². The average Bonchev–Trinajstić information content (AvgIpc) is 3.36. The van der Waals surface area contributed by atoms with Crippen molar-refractivity contribution in [3.05, 3.63) is 87.1 Å². The molecule has 0 aliphatic heterocycles. The van der Waals surface area contributed by atoms with Crippen molar-refractivity contribution < 1.29 is 9.84 Å². The molecule has 5 rings (SSSR count). The minimum atomic E-state index is -0.426. The topological polar surface area (TPSA) is 105 Å². The molecule has 0 spiro atoms. The molecule has 2 aromatic heterocycles. The zero-order chi connectivity index (χ0) is 29.1. The van der Waals surface area contributed by atoms with Crippen LogP contribution in [-0.4, -0.2) is 43.1 Å². The molecule has 1 atom stereocenters. The van der Waals surface area contributed by atoms with Gasteiger partial charge in [-0.2, -0.15) is 15.3 Å². The second-order valence-electron chi connectivity index (χ2n) is 11.5. The van der Waals surface area contributed by atoms with Crippen molar-refractivity contribution in [2.24, 2.45) is 0 Å². The van der Waals surface area contributed by atoms with E-state index in [-0.39, 0.29) is 24.4 Å². The Morgan fingerprint density at radius 3 is 2.54 bits per heavy atom. The number of benzene rings is 2. The van der Waals surface area contributed by atoms with E-state index in [0.717, 1.165) is 66.5 Å². The minimum Gasteiger partial charge on any atom is -0.394 e. The Bertz CT molecular complexity index is 1620. The van der Waals surface area contributed by atoms with Crippen molar-refractivity contribution in [1.82, 2.24) is 19.2 Å². The van der Waals surface area contributed by atoms with Crippen LogP contribution in [0.5, 0.6) is 0 Å². The molecule has 1 N–H and O–H groups in total. The second kappa shape index (κ2) is 12.0. The third-order valence-electron chi connectivity index (χ3n) is 8.37. The van der Waals surface area contributed by atoms with Gasteiger partial charge in [-0.25, -0.2) is 4.52 Å². The normalized spacial score (nSPS) is 19.8. The highest BCUT2D eigenvalue weighted by Gasteiger charge is 2.37. The SMILES string of the molecule is CCCc1c(Cc2ccc(-c3ccccc3C#N)cc2)c(=O)n(C2(C)CCC(OC(C)CO)CC2)c2nc(C)nn12. The number of aromatic nitrogens is 4. The fraction of sp³-hybridized carbons (Fsp3) is 0.455. The fourth-order valence-corrected chi connectivity index (χ4v) is 6.15. The highest BCUT2D eigenvalue weighted by molar-refractivity contribution is 5.70. The Labute approximate surface area is 241 Å². The molecule has 1 aliphatic carbocycles. The molecule has 2 aromatic carbocycles. The summed E-state index contributed by atoms with van der Waals surface area (Å²) in [5.74, 6) is 1.25. The van der Waals surface area contributed by atoms with Gasteiger partial charge in [0.25, 0.3) is 5.56 Å². The Morgan fingerprint density at radius 1 is 1.17 bits per heavy atom. The molecule has 0 radical (unpaired) electrons. The first-order valence-corrected chi connectivity index (χ1v) is 14.6. The summed E-state index contributed by atoms with van der Waals surface area (Å²) in [7, 11) is 0. The standard InChI is InChI=1S/C33H39N5O3/c1-5-8-30-29(19-24-11-13-25(14-12-24)28-10-7-6-9-26(28)20-34)31(40)37(32-35-23(3)36-38(30)32)33(4)17-15-27(16-18-33)41-22(2)21-39/h6-7,9-14,22,27,39H,5,8,15-19,21H2,1-4H3. The predicted molar refractivity (Wildman–Crippen MR) is 159 cm³/mol. The molecule has 0 bridgehead atoms. The fourth-order valence-electron chi connectivity index (χ4n) is 6.15. The summed E-state index contributed by atoms with van der Waals surface area (Å²) in [6.45, 7) is 8.02. The summed E-state index contributed by atoms with van der Waals surface area (Å²) in [5.41, 5.74) is 4.78. The van der Waals surface area contributed by atoms with Crippen molar-refractivity contribution in [2.45, 2.75) is 90.4 Å². The van der Waals surface area contributed by atoms with Crippen LogP contribution in [0.1, 0.15) is 81.1 Å². The van der Waals surface area contributed by atoms with Crippen LogP contribution in [0.2, 0.25) is 0 Å². The Morgan fingerprint density at radius 2 is 1.88 bits per heavy atom. The third-order valence-corrected chi connectivity index (χ3v) is 8.37. The highest BCUT2D eigenvalue weighted by atomic mass is 16.5. The first kappa shape index (κ1) is 28.7. The number of ether oxygens (including phenoxy) is 1. The number of aliphatic hydroxyl groups excluding tert-OH is 1. The van der Waals surface area contributed by atoms with Crippen molar-refractivity contribution in [1.29, 1.82) is 5.26 Å². The van der Waals surface area contributed by atoms with Gasteiger partial charge in [-0.05, 0) is 75.6 Å². The summed E-state index contributed by atoms with van der Waals surface area (Å²) in [6.07, 6.45) is 5.14. The van der Waals surface area contributed by atoms with Gasteiger partial charge in [-0.15, -0.1) is 0 Å². The van der Waals surface area contributed by atoms with Crippen molar-refractivity contribution in [3.63, 3.8) is 0 Å². The Kier molecular flexibility index (Phi) is 8.39. The van der Waals surface area contributed by atoms with E-state index in [1.807, 2.05) is 71.5 Å². The number of nitrogens with zero attached hydrogens (tertiary/aromatic N) is 5. The quantitative estimate of drug-likeness (QED) is 0.300. The molecule has 0 amide bonds. The summed E-state index contributed by atoms with van der Waals surface area (Å²) < 4.78 is 9.80. The number of hydrogen-bond donors (Lipinski definition) is 1. The predicted octanol–water partition coefficient (Wildman–Crippen LogP) is 5.34. The van der Waals surface area contributed by atoms with Gasteiger partial charge in [0, 0.05) is 17.5 Å². The van der Waals surface area contributed by atoms with Crippen LogP contribution >= 0.6 is 0 Å². The van der Waals surface area contributed by atoms with Gasteiger partial charge in [0.1, 0.15) is 5.82 Å². The van der Waals surface area contributed by atoms with E-state index in [9.17, 15) is 15.2 Å². The molecule has 0 saturated heterocycles. The molecule has 1 saturated carbocycles. The van der Waals surface area contributed by atoms with Crippen LogP contribution in [0.4, 0.5) is 0 Å². The van der Waals surface area contributed by atoms with Crippen LogP contribution in [0.15, 0.2) is 53.3 Å². The molecular formula is C33H39N5O3. The zero-order valence-electron chi connectivity index (χ0n) is 24.4. The maximum Gasteiger partial charge on any atom is 0.259 e. The van der Waals surface area contributed by atoms with Crippen LogP contribution in [-0.2, 0) is 23.1 Å². The molecule has 214 valence electrons. The van der Waals surface area contributed by atoms with Gasteiger partial charge in [0.2, 0.25) is 5.78 Å². The van der Waals surface area contributed by atoms with Gasteiger partial charge in [0.05, 0.1) is 36.1 Å². The summed E-state index contributed by atoms with van der Waals surface area (Å²) in [5, 5.41) is 23.7. The monoisotopic (exact) mass is 553 g/mol. The molecule has 4 aromatic rings. The van der Waals surface area contributed by atoms with Gasteiger partial charge in [-0.1, -0.05) is 55.8 Å². The first-order valence-electron chi connectivity index (χ1n) is 14.6. The zero-order valence-corrected chi connectivity index (χ0v) is 24.4. The van der Waals surface area contributed by atoms with E-state index in [2.05, 4.69) is 19.9 Å². The van der Waals surface area contributed by atoms with E-state index < -0.39 is 5.54 Å². The highest BCUT2D eigenvalue weighted by Crippen LogP contribution is 2.37. The average molecular weight is 554 g/mol. The van der Waals surface area contributed by atoms with Crippen LogP contribution in [0.25, 0.3) is 16.9 Å². The van der Waals surface area contributed by atoms with Gasteiger partial charge in [-0.3, -0.25) is 9.36 Å². The molecule has 1 fully saturated rings. The maximum absolute atomic E-state index is 14.5. The van der Waals surface area contributed by atoms with Crippen LogP contribution in [0.3, 0.4) is 0 Å². The second-order valence-corrected chi connectivity index (χ2v) is 11.5. The lowest BCUT2D eigenvalue weighted by Gasteiger charge is -2.39. The van der Waals surface area contributed by atoms with E-state index in [1.54, 1.807) is 0 Å². The summed E-state index contributed by atoms with van der Waals surface area (Å²) >= 11 is 0. The van der Waals surface area contributed by atoms with Crippen LogP contribution < -0.4 is 5.56 Å². The Hall–Kier alpha value is -3.80. The van der Waals surface area contributed by atoms with Crippen molar-refractivity contribution in [2.75, 3.05) is 6.61 Å². The molecule has 1 aliphatic rings. The largest absolute Gasteiger partial charge is 0.394 e. The molecule has 8 heteroatoms. The maximum atomic E-state index is 14.5.